The summed E-state index contributed by atoms with van der Waals surface area (Å²) in [5, 5.41) is 0. The topological polar surface area (TPSA) is 52.6 Å². The molecule has 2 aromatic carbocycles. The quantitative estimate of drug-likeness (QED) is 0.496. The van der Waals surface area contributed by atoms with Crippen molar-refractivity contribution in [2.24, 2.45) is 0 Å². The SMILES string of the molecule is CC(=O)OC(OC(C)=O)c1ccccc1C#Cc1ccccc1. The number of ether oxygens (including phenoxy) is 2. The average Bonchev–Trinajstić information content (AvgIpc) is 2.53. The predicted molar refractivity (Wildman–Crippen MR) is 85.1 cm³/mol. The Morgan fingerprint density at radius 2 is 1.39 bits per heavy atom. The lowest BCUT2D eigenvalue weighted by Crippen LogP contribution is -2.16. The van der Waals surface area contributed by atoms with Crippen molar-refractivity contribution in [1.82, 2.24) is 0 Å². The van der Waals surface area contributed by atoms with Crippen molar-refractivity contribution in [1.29, 1.82) is 0 Å². The van der Waals surface area contributed by atoms with Crippen LogP contribution in [-0.4, -0.2) is 11.9 Å². The molecule has 0 saturated carbocycles. The number of hydrogen-bond acceptors (Lipinski definition) is 4. The van der Waals surface area contributed by atoms with Crippen LogP contribution in [0.5, 0.6) is 0 Å². The lowest BCUT2D eigenvalue weighted by atomic mass is 10.1. The maximum Gasteiger partial charge on any atom is 0.305 e. The Labute approximate surface area is 135 Å². The molecule has 0 atom stereocenters. The summed E-state index contributed by atoms with van der Waals surface area (Å²) >= 11 is 0. The second kappa shape index (κ2) is 7.81. The van der Waals surface area contributed by atoms with Gasteiger partial charge in [0.1, 0.15) is 0 Å². The van der Waals surface area contributed by atoms with E-state index in [1.807, 2.05) is 36.4 Å². The van der Waals surface area contributed by atoms with Gasteiger partial charge < -0.3 is 9.47 Å². The first kappa shape index (κ1) is 16.3. The zero-order valence-corrected chi connectivity index (χ0v) is 12.9. The lowest BCUT2D eigenvalue weighted by Gasteiger charge is -2.18. The molecule has 0 aromatic heterocycles. The molecule has 0 aliphatic heterocycles. The van der Waals surface area contributed by atoms with Crippen molar-refractivity contribution in [3.05, 3.63) is 71.3 Å². The van der Waals surface area contributed by atoms with E-state index in [-0.39, 0.29) is 0 Å². The molecule has 2 aromatic rings. The van der Waals surface area contributed by atoms with Crippen LogP contribution in [0.2, 0.25) is 0 Å². The van der Waals surface area contributed by atoms with Gasteiger partial charge in [-0.15, -0.1) is 0 Å². The van der Waals surface area contributed by atoms with Gasteiger partial charge in [0.25, 0.3) is 6.29 Å². The molecule has 0 radical (unpaired) electrons. The first-order valence-corrected chi connectivity index (χ1v) is 7.06. The van der Waals surface area contributed by atoms with Crippen LogP contribution in [0.3, 0.4) is 0 Å². The van der Waals surface area contributed by atoms with Gasteiger partial charge in [-0.1, -0.05) is 48.2 Å². The van der Waals surface area contributed by atoms with E-state index < -0.39 is 18.2 Å². The van der Waals surface area contributed by atoms with Crippen LogP contribution in [0.1, 0.15) is 36.8 Å². The minimum absolute atomic E-state index is 0.529. The number of carbonyl (C=O) groups is 2. The maximum absolute atomic E-state index is 11.3. The van der Waals surface area contributed by atoms with Crippen molar-refractivity contribution in [2.45, 2.75) is 20.1 Å². The van der Waals surface area contributed by atoms with Crippen LogP contribution in [0, 0.1) is 11.8 Å². The number of benzene rings is 2. The highest BCUT2D eigenvalue weighted by molar-refractivity contribution is 5.68. The van der Waals surface area contributed by atoms with Crippen LogP contribution in [-0.2, 0) is 19.1 Å². The minimum atomic E-state index is -1.11. The fraction of sp³-hybridized carbons (Fsp3) is 0.158. The van der Waals surface area contributed by atoms with Crippen LogP contribution in [0.15, 0.2) is 54.6 Å². The highest BCUT2D eigenvalue weighted by Gasteiger charge is 2.20. The maximum atomic E-state index is 11.3. The second-order valence-corrected chi connectivity index (χ2v) is 4.75. The number of carbonyl (C=O) groups excluding carboxylic acids is 2. The van der Waals surface area contributed by atoms with Crippen LogP contribution in [0.25, 0.3) is 0 Å². The van der Waals surface area contributed by atoms with Gasteiger partial charge >= 0.3 is 11.9 Å². The van der Waals surface area contributed by atoms with Crippen molar-refractivity contribution in [3.63, 3.8) is 0 Å². The van der Waals surface area contributed by atoms with Gasteiger partial charge in [-0.2, -0.15) is 0 Å². The summed E-state index contributed by atoms with van der Waals surface area (Å²) in [7, 11) is 0. The molecule has 0 fully saturated rings. The molecule has 0 aliphatic carbocycles. The molecule has 0 bridgehead atoms. The van der Waals surface area contributed by atoms with E-state index >= 15 is 0 Å². The molecule has 0 heterocycles. The Morgan fingerprint density at radius 3 is 2.00 bits per heavy atom. The summed E-state index contributed by atoms with van der Waals surface area (Å²) in [5.74, 6) is 4.98. The fourth-order valence-electron chi connectivity index (χ4n) is 1.93. The van der Waals surface area contributed by atoms with Crippen LogP contribution in [0.4, 0.5) is 0 Å². The van der Waals surface area contributed by atoms with E-state index in [0.717, 1.165) is 5.56 Å². The summed E-state index contributed by atoms with van der Waals surface area (Å²) in [5.41, 5.74) is 2.02. The number of esters is 2. The highest BCUT2D eigenvalue weighted by Crippen LogP contribution is 2.23. The van der Waals surface area contributed by atoms with Crippen molar-refractivity contribution in [2.75, 3.05) is 0 Å². The lowest BCUT2D eigenvalue weighted by molar-refractivity contribution is -0.186. The van der Waals surface area contributed by atoms with Gasteiger partial charge in [0, 0.05) is 30.5 Å². The number of hydrogen-bond donors (Lipinski definition) is 0. The Hall–Kier alpha value is -3.06. The minimum Gasteiger partial charge on any atom is -0.421 e. The summed E-state index contributed by atoms with van der Waals surface area (Å²) < 4.78 is 10.2. The molecule has 0 spiro atoms. The molecule has 2 rings (SSSR count). The fourth-order valence-corrected chi connectivity index (χ4v) is 1.93. The molecule has 0 unspecified atom stereocenters. The van der Waals surface area contributed by atoms with E-state index in [1.54, 1.807) is 18.2 Å². The Kier molecular flexibility index (Phi) is 5.54. The van der Waals surface area contributed by atoms with Crippen LogP contribution < -0.4 is 0 Å². The van der Waals surface area contributed by atoms with Gasteiger partial charge in [-0.25, -0.2) is 0 Å². The van der Waals surface area contributed by atoms with Crippen molar-refractivity contribution >= 4 is 11.9 Å². The standard InChI is InChI=1S/C19H16O4/c1-14(20)22-19(23-15(2)21)18-11-7-6-10-17(18)13-12-16-8-4-3-5-9-16/h3-11,19H,1-2H3. The van der Waals surface area contributed by atoms with E-state index in [9.17, 15) is 9.59 Å². The van der Waals surface area contributed by atoms with E-state index in [0.29, 0.717) is 11.1 Å². The molecule has 23 heavy (non-hydrogen) atoms. The third-order valence-electron chi connectivity index (χ3n) is 2.88. The summed E-state index contributed by atoms with van der Waals surface area (Å²) in [6.07, 6.45) is -1.11. The summed E-state index contributed by atoms with van der Waals surface area (Å²) in [6, 6.07) is 16.6. The zero-order chi connectivity index (χ0) is 16.7. The Balaban J connectivity index is 2.37. The van der Waals surface area contributed by atoms with E-state index in [2.05, 4.69) is 11.8 Å². The number of rotatable bonds is 3. The predicted octanol–water partition coefficient (Wildman–Crippen LogP) is 3.21. The second-order valence-electron chi connectivity index (χ2n) is 4.75. The van der Waals surface area contributed by atoms with Gasteiger partial charge in [0.05, 0.1) is 0 Å². The van der Waals surface area contributed by atoms with Gasteiger partial charge in [0.15, 0.2) is 0 Å². The first-order valence-electron chi connectivity index (χ1n) is 7.06. The molecule has 0 amide bonds. The molecule has 0 saturated heterocycles. The smallest absolute Gasteiger partial charge is 0.305 e. The van der Waals surface area contributed by atoms with E-state index in [1.165, 1.54) is 13.8 Å². The van der Waals surface area contributed by atoms with Gasteiger partial charge in [0.2, 0.25) is 0 Å². The van der Waals surface area contributed by atoms with E-state index in [4.69, 9.17) is 9.47 Å². The zero-order valence-electron chi connectivity index (χ0n) is 12.9. The Morgan fingerprint density at radius 1 is 0.826 bits per heavy atom. The largest absolute Gasteiger partial charge is 0.421 e. The molecule has 0 aliphatic rings. The molecule has 116 valence electrons. The highest BCUT2D eigenvalue weighted by atomic mass is 16.7. The monoisotopic (exact) mass is 308 g/mol. The summed E-state index contributed by atoms with van der Waals surface area (Å²) in [6.45, 7) is 2.52. The first-order chi connectivity index (χ1) is 11.1. The molecule has 0 N–H and O–H groups in total. The van der Waals surface area contributed by atoms with Gasteiger partial charge in [-0.05, 0) is 18.2 Å². The van der Waals surface area contributed by atoms with Crippen molar-refractivity contribution in [3.8, 4) is 11.8 Å². The molecule has 4 heteroatoms. The normalized spacial score (nSPS) is 9.70. The third kappa shape index (κ3) is 5.01. The Bertz CT molecular complexity index is 738. The van der Waals surface area contributed by atoms with Gasteiger partial charge in [-0.3, -0.25) is 9.59 Å². The van der Waals surface area contributed by atoms with Crippen molar-refractivity contribution < 1.29 is 19.1 Å². The molecular formula is C19H16O4. The third-order valence-corrected chi connectivity index (χ3v) is 2.88. The van der Waals surface area contributed by atoms with Crippen LogP contribution >= 0.6 is 0 Å². The summed E-state index contributed by atoms with van der Waals surface area (Å²) in [4.78, 5) is 22.5. The molecular weight excluding hydrogens is 292 g/mol. The molecule has 4 nitrogen and oxygen atoms in total. The average molecular weight is 308 g/mol.